The van der Waals surface area contributed by atoms with Gasteiger partial charge in [0, 0.05) is 30.8 Å². The van der Waals surface area contributed by atoms with Crippen LogP contribution in [0.15, 0.2) is 18.2 Å². The highest BCUT2D eigenvalue weighted by atomic mass is 16.6. The lowest BCUT2D eigenvalue weighted by molar-refractivity contribution is -0.384. The lowest BCUT2D eigenvalue weighted by atomic mass is 10.1. The highest BCUT2D eigenvalue weighted by Crippen LogP contribution is 2.30. The van der Waals surface area contributed by atoms with E-state index in [4.69, 9.17) is 5.11 Å². The maximum atomic E-state index is 11.1. The first-order valence-electron chi connectivity index (χ1n) is 6.12. The van der Waals surface area contributed by atoms with Crippen molar-refractivity contribution in [3.8, 4) is 0 Å². The van der Waals surface area contributed by atoms with Crippen molar-refractivity contribution >= 4 is 17.7 Å². The lowest BCUT2D eigenvalue weighted by Crippen LogP contribution is -2.32. The fourth-order valence-corrected chi connectivity index (χ4v) is 1.90. The molecule has 6 heteroatoms. The van der Waals surface area contributed by atoms with Crippen molar-refractivity contribution in [2.75, 3.05) is 18.1 Å². The summed E-state index contributed by atoms with van der Waals surface area (Å²) in [4.78, 5) is 23.2. The van der Waals surface area contributed by atoms with E-state index in [0.29, 0.717) is 24.9 Å². The van der Waals surface area contributed by atoms with Gasteiger partial charge in [0.25, 0.3) is 5.69 Å². The highest BCUT2D eigenvalue weighted by molar-refractivity contribution is 5.79. The number of aliphatic hydroxyl groups is 1. The number of nitro groups is 1. The van der Waals surface area contributed by atoms with Crippen molar-refractivity contribution in [1.82, 2.24) is 0 Å². The molecule has 0 fully saturated rings. The highest BCUT2D eigenvalue weighted by Gasteiger charge is 2.21. The largest absolute Gasteiger partial charge is 0.396 e. The molecule has 0 bridgehead atoms. The van der Waals surface area contributed by atoms with Crippen LogP contribution in [0.4, 0.5) is 11.4 Å². The Kier molecular flexibility index (Phi) is 5.44. The van der Waals surface area contributed by atoms with E-state index in [1.165, 1.54) is 6.07 Å². The quantitative estimate of drug-likeness (QED) is 0.463. The number of carbonyl (C=O) groups is 1. The molecule has 0 aromatic heterocycles. The van der Waals surface area contributed by atoms with Crippen LogP contribution < -0.4 is 4.90 Å². The number of aldehydes is 1. The topological polar surface area (TPSA) is 83.7 Å². The number of nitrogens with zero attached hydrogens (tertiary/aromatic N) is 2. The first-order chi connectivity index (χ1) is 9.01. The third-order valence-electron chi connectivity index (χ3n) is 2.82. The molecule has 0 saturated carbocycles. The summed E-state index contributed by atoms with van der Waals surface area (Å²) in [6.45, 7) is 4.41. The Morgan fingerprint density at radius 3 is 2.63 bits per heavy atom. The first-order valence-corrected chi connectivity index (χ1v) is 6.12. The third kappa shape index (κ3) is 3.75. The smallest absolute Gasteiger partial charge is 0.293 e. The molecule has 19 heavy (non-hydrogen) atoms. The summed E-state index contributed by atoms with van der Waals surface area (Å²) in [6, 6.07) is 4.48. The molecule has 0 saturated heterocycles. The fourth-order valence-electron chi connectivity index (χ4n) is 1.90. The summed E-state index contributed by atoms with van der Waals surface area (Å²) >= 11 is 0. The van der Waals surface area contributed by atoms with E-state index < -0.39 is 4.92 Å². The maximum Gasteiger partial charge on any atom is 0.293 e. The molecule has 0 aliphatic heterocycles. The molecule has 104 valence electrons. The zero-order chi connectivity index (χ0) is 14.4. The van der Waals surface area contributed by atoms with E-state index in [9.17, 15) is 14.9 Å². The minimum Gasteiger partial charge on any atom is -0.396 e. The molecule has 0 atom stereocenters. The molecule has 0 spiro atoms. The Hall–Kier alpha value is -1.95. The standard InChI is InChI=1S/C13H18N2O4/c1-10(2)14(6-3-7-16)12-5-4-11(9-17)8-13(12)15(18)19/h4-5,8-10,16H,3,6-7H2,1-2H3. The van der Waals surface area contributed by atoms with Gasteiger partial charge in [0.1, 0.15) is 12.0 Å². The van der Waals surface area contributed by atoms with E-state index in [-0.39, 0.29) is 23.9 Å². The minimum atomic E-state index is -0.489. The number of carbonyl (C=O) groups excluding carboxylic acids is 1. The van der Waals surface area contributed by atoms with Gasteiger partial charge in [0.15, 0.2) is 0 Å². The second kappa shape index (κ2) is 6.84. The zero-order valence-corrected chi connectivity index (χ0v) is 11.1. The maximum absolute atomic E-state index is 11.1. The third-order valence-corrected chi connectivity index (χ3v) is 2.82. The molecule has 1 N–H and O–H groups in total. The van der Waals surface area contributed by atoms with Gasteiger partial charge in [0.2, 0.25) is 0 Å². The minimum absolute atomic E-state index is 0.0312. The van der Waals surface area contributed by atoms with Gasteiger partial charge in [-0.1, -0.05) is 0 Å². The average Bonchev–Trinajstić information content (AvgIpc) is 2.38. The number of hydrogen-bond acceptors (Lipinski definition) is 5. The average molecular weight is 266 g/mol. The monoisotopic (exact) mass is 266 g/mol. The molecule has 0 amide bonds. The van der Waals surface area contributed by atoms with Crippen molar-refractivity contribution in [2.24, 2.45) is 0 Å². The van der Waals surface area contributed by atoms with Gasteiger partial charge in [-0.05, 0) is 32.4 Å². The van der Waals surface area contributed by atoms with Gasteiger partial charge in [0.05, 0.1) is 4.92 Å². The molecule has 0 aliphatic rings. The fraction of sp³-hybridized carbons (Fsp3) is 0.462. The van der Waals surface area contributed by atoms with Crippen LogP contribution in [0.25, 0.3) is 0 Å². The number of benzene rings is 1. The Morgan fingerprint density at radius 2 is 2.16 bits per heavy atom. The van der Waals surface area contributed by atoms with Crippen molar-refractivity contribution in [1.29, 1.82) is 0 Å². The van der Waals surface area contributed by atoms with E-state index in [0.717, 1.165) is 0 Å². The predicted molar refractivity (Wildman–Crippen MR) is 72.7 cm³/mol. The normalized spacial score (nSPS) is 10.5. The second-order valence-electron chi connectivity index (χ2n) is 4.49. The van der Waals surface area contributed by atoms with Crippen molar-refractivity contribution < 1.29 is 14.8 Å². The lowest BCUT2D eigenvalue weighted by Gasteiger charge is -2.28. The summed E-state index contributed by atoms with van der Waals surface area (Å²) in [7, 11) is 0. The summed E-state index contributed by atoms with van der Waals surface area (Å²) in [5.74, 6) is 0. The van der Waals surface area contributed by atoms with Gasteiger partial charge in [-0.15, -0.1) is 0 Å². The van der Waals surface area contributed by atoms with E-state index in [2.05, 4.69) is 0 Å². The zero-order valence-electron chi connectivity index (χ0n) is 11.1. The number of hydrogen-bond donors (Lipinski definition) is 1. The molecular weight excluding hydrogens is 248 g/mol. The van der Waals surface area contributed by atoms with Crippen molar-refractivity contribution in [3.63, 3.8) is 0 Å². The molecule has 1 aromatic carbocycles. The molecule has 0 radical (unpaired) electrons. The van der Waals surface area contributed by atoms with Crippen LogP contribution in [-0.2, 0) is 0 Å². The second-order valence-corrected chi connectivity index (χ2v) is 4.49. The van der Waals surface area contributed by atoms with Gasteiger partial charge >= 0.3 is 0 Å². The Morgan fingerprint density at radius 1 is 1.47 bits per heavy atom. The molecule has 1 aromatic rings. The summed E-state index contributed by atoms with van der Waals surface area (Å²) in [6.07, 6.45) is 1.12. The van der Waals surface area contributed by atoms with Crippen LogP contribution in [0.5, 0.6) is 0 Å². The van der Waals surface area contributed by atoms with Gasteiger partial charge in [-0.3, -0.25) is 14.9 Å². The number of nitro benzene ring substituents is 1. The van der Waals surface area contributed by atoms with E-state index in [1.54, 1.807) is 12.1 Å². The van der Waals surface area contributed by atoms with Crippen LogP contribution in [0.3, 0.4) is 0 Å². The van der Waals surface area contributed by atoms with Crippen LogP contribution in [0.2, 0.25) is 0 Å². The predicted octanol–water partition coefficient (Wildman–Crippen LogP) is 2.00. The SMILES string of the molecule is CC(C)N(CCCO)c1ccc(C=O)cc1[N+](=O)[O-]. The Labute approximate surface area is 111 Å². The Bertz CT molecular complexity index is 460. The van der Waals surface area contributed by atoms with Crippen LogP contribution in [0, 0.1) is 10.1 Å². The molecule has 1 rings (SSSR count). The van der Waals surface area contributed by atoms with Gasteiger partial charge < -0.3 is 10.0 Å². The molecule has 0 unspecified atom stereocenters. The molecule has 0 aliphatic carbocycles. The Balaban J connectivity index is 3.21. The van der Waals surface area contributed by atoms with Crippen molar-refractivity contribution in [3.05, 3.63) is 33.9 Å². The molecular formula is C13H18N2O4. The van der Waals surface area contributed by atoms with Crippen LogP contribution in [0.1, 0.15) is 30.6 Å². The van der Waals surface area contributed by atoms with Gasteiger partial charge in [-0.2, -0.15) is 0 Å². The first kappa shape index (κ1) is 15.1. The van der Waals surface area contributed by atoms with E-state index in [1.807, 2.05) is 18.7 Å². The summed E-state index contributed by atoms with van der Waals surface area (Å²) in [5.41, 5.74) is 0.664. The summed E-state index contributed by atoms with van der Waals surface area (Å²) < 4.78 is 0. The van der Waals surface area contributed by atoms with E-state index >= 15 is 0 Å². The molecule has 6 nitrogen and oxygen atoms in total. The number of anilines is 1. The summed E-state index contributed by atoms with van der Waals surface area (Å²) in [5, 5.41) is 20.0. The van der Waals surface area contributed by atoms with Gasteiger partial charge in [-0.25, -0.2) is 0 Å². The van der Waals surface area contributed by atoms with Crippen LogP contribution in [-0.4, -0.2) is 35.5 Å². The number of rotatable bonds is 7. The van der Waals surface area contributed by atoms with Crippen molar-refractivity contribution in [2.45, 2.75) is 26.3 Å². The molecule has 0 heterocycles. The number of aliphatic hydroxyl groups excluding tert-OH is 1. The van der Waals surface area contributed by atoms with Crippen LogP contribution >= 0.6 is 0 Å².